The van der Waals surface area contributed by atoms with Crippen LogP contribution >= 0.6 is 0 Å². The molecule has 32 valence electrons. The van der Waals surface area contributed by atoms with E-state index in [4.69, 9.17) is 0 Å². The molecule has 0 aromatic rings. The van der Waals surface area contributed by atoms with Crippen LogP contribution in [0.1, 0.15) is 12.8 Å². The van der Waals surface area contributed by atoms with Crippen LogP contribution < -0.4 is 5.11 Å². The molecule has 0 bridgehead atoms. The third-order valence-electron chi connectivity index (χ3n) is 0.858. The van der Waals surface area contributed by atoms with Crippen LogP contribution in [0.25, 0.3) is 0 Å². The zero-order valence-corrected chi connectivity index (χ0v) is 3.48. The first-order valence-corrected chi connectivity index (χ1v) is 2.10. The highest BCUT2D eigenvalue weighted by Crippen LogP contribution is 2.09. The largest absolute Gasteiger partial charge is 0.842 e. The Hall–Kier alpha value is -0.590. The lowest BCUT2D eigenvalue weighted by Gasteiger charge is -1.88. The van der Waals surface area contributed by atoms with E-state index in [9.17, 15) is 5.11 Å². The number of hydrogen-bond donors (Lipinski definition) is 0. The second kappa shape index (κ2) is 1.25. The predicted octanol–water partition coefficient (Wildman–Crippen LogP) is 0.229. The summed E-state index contributed by atoms with van der Waals surface area (Å²) in [6.07, 6.45) is 5.33. The maximum absolute atomic E-state index is 10.1. The SMILES string of the molecule is [O-]C1=CCC[CH+]1. The van der Waals surface area contributed by atoms with Gasteiger partial charge in [0.15, 0.2) is 0 Å². The molecule has 0 aromatic carbocycles. The zero-order valence-electron chi connectivity index (χ0n) is 3.48. The topological polar surface area (TPSA) is 23.1 Å². The van der Waals surface area contributed by atoms with Gasteiger partial charge in [0.25, 0.3) is 0 Å². The summed E-state index contributed by atoms with van der Waals surface area (Å²) in [6, 6.07) is 0. The minimum atomic E-state index is 0.204. The van der Waals surface area contributed by atoms with Gasteiger partial charge < -0.3 is 5.11 Å². The van der Waals surface area contributed by atoms with Crippen molar-refractivity contribution in [2.45, 2.75) is 12.8 Å². The molecule has 1 rings (SSSR count). The van der Waals surface area contributed by atoms with Crippen LogP contribution in [0, 0.1) is 6.42 Å². The van der Waals surface area contributed by atoms with Gasteiger partial charge in [-0.05, 0) is 0 Å². The second-order valence-electron chi connectivity index (χ2n) is 1.39. The molecule has 0 amide bonds. The van der Waals surface area contributed by atoms with Gasteiger partial charge in [0.05, 0.1) is 18.6 Å². The standard InChI is InChI=1S/C5H6O/c6-5-3-1-2-4-5/h3-4H,1-2H2. The first kappa shape index (κ1) is 3.59. The molecule has 0 N–H and O–H groups in total. The average Bonchev–Trinajstić information content (AvgIpc) is 1.86. The number of rotatable bonds is 0. The molecule has 0 radical (unpaired) electrons. The molecule has 0 unspecified atom stereocenters. The minimum absolute atomic E-state index is 0.204. The Kier molecular flexibility index (Phi) is 0.748. The van der Waals surface area contributed by atoms with Crippen LogP contribution in [0.2, 0.25) is 0 Å². The first-order chi connectivity index (χ1) is 2.89. The van der Waals surface area contributed by atoms with Gasteiger partial charge in [0.2, 0.25) is 0 Å². The highest BCUT2D eigenvalue weighted by molar-refractivity contribution is 5.08. The maximum Gasteiger partial charge on any atom is 0.0581 e. The van der Waals surface area contributed by atoms with Gasteiger partial charge in [-0.2, -0.15) is 0 Å². The lowest BCUT2D eigenvalue weighted by atomic mass is 10.4. The predicted molar refractivity (Wildman–Crippen MR) is 21.6 cm³/mol. The van der Waals surface area contributed by atoms with Gasteiger partial charge >= 0.3 is 0 Å². The van der Waals surface area contributed by atoms with E-state index in [1.165, 1.54) is 0 Å². The molecule has 1 aliphatic carbocycles. The number of allylic oxidation sites excluding steroid dienone is 2. The molecule has 1 heteroatoms. The van der Waals surface area contributed by atoms with Crippen molar-refractivity contribution in [1.29, 1.82) is 0 Å². The van der Waals surface area contributed by atoms with E-state index in [-0.39, 0.29) is 5.76 Å². The van der Waals surface area contributed by atoms with Gasteiger partial charge in [-0.1, -0.05) is 0 Å². The van der Waals surface area contributed by atoms with E-state index in [0.29, 0.717) is 0 Å². The Balaban J connectivity index is 2.45. The van der Waals surface area contributed by atoms with Crippen LogP contribution in [0.15, 0.2) is 11.8 Å². The molecule has 0 aliphatic heterocycles. The van der Waals surface area contributed by atoms with Crippen LogP contribution in [-0.2, 0) is 0 Å². The van der Waals surface area contributed by atoms with Crippen LogP contribution in [0.4, 0.5) is 0 Å². The monoisotopic (exact) mass is 82.0 g/mol. The highest BCUT2D eigenvalue weighted by atomic mass is 16.3. The Labute approximate surface area is 37.3 Å². The second-order valence-corrected chi connectivity index (χ2v) is 1.39. The Morgan fingerprint density at radius 1 is 1.83 bits per heavy atom. The average molecular weight is 82.1 g/mol. The van der Waals surface area contributed by atoms with Crippen molar-refractivity contribution in [3.8, 4) is 0 Å². The highest BCUT2D eigenvalue weighted by Gasteiger charge is 2.01. The van der Waals surface area contributed by atoms with Gasteiger partial charge in [0, 0.05) is 12.5 Å². The summed E-state index contributed by atoms with van der Waals surface area (Å²) >= 11 is 0. The van der Waals surface area contributed by atoms with Gasteiger partial charge in [-0.25, -0.2) is 0 Å². The van der Waals surface area contributed by atoms with E-state index >= 15 is 0 Å². The summed E-state index contributed by atoms with van der Waals surface area (Å²) in [5.41, 5.74) is 0. The molecule has 6 heavy (non-hydrogen) atoms. The van der Waals surface area contributed by atoms with Crippen molar-refractivity contribution in [2.24, 2.45) is 0 Å². The molecule has 0 saturated heterocycles. The fraction of sp³-hybridized carbons (Fsp3) is 0.400. The molecule has 1 nitrogen and oxygen atoms in total. The Morgan fingerprint density at radius 2 is 2.67 bits per heavy atom. The molecule has 0 aromatic heterocycles. The normalized spacial score (nSPS) is 19.7. The summed E-state index contributed by atoms with van der Waals surface area (Å²) in [4.78, 5) is 0. The molecule has 0 fully saturated rings. The van der Waals surface area contributed by atoms with Crippen molar-refractivity contribution < 1.29 is 5.11 Å². The van der Waals surface area contributed by atoms with Crippen molar-refractivity contribution in [2.75, 3.05) is 0 Å². The Bertz CT molecular complexity index is 74.0. The summed E-state index contributed by atoms with van der Waals surface area (Å²) in [7, 11) is 0. The van der Waals surface area contributed by atoms with Gasteiger partial charge in [0.1, 0.15) is 0 Å². The van der Waals surface area contributed by atoms with Crippen LogP contribution in [-0.4, -0.2) is 0 Å². The summed E-state index contributed by atoms with van der Waals surface area (Å²) in [6.45, 7) is 0. The smallest absolute Gasteiger partial charge is 0.0581 e. The lowest BCUT2D eigenvalue weighted by Crippen LogP contribution is -1.98. The quantitative estimate of drug-likeness (QED) is 0.383. The van der Waals surface area contributed by atoms with E-state index in [2.05, 4.69) is 0 Å². The maximum atomic E-state index is 10.1. The zero-order chi connectivity index (χ0) is 4.41. The van der Waals surface area contributed by atoms with Crippen molar-refractivity contribution in [3.05, 3.63) is 18.3 Å². The van der Waals surface area contributed by atoms with Crippen molar-refractivity contribution >= 4 is 0 Å². The molecule has 1 aliphatic rings. The third-order valence-corrected chi connectivity index (χ3v) is 0.858. The number of hydrogen-bond acceptors (Lipinski definition) is 1. The molecule has 0 atom stereocenters. The van der Waals surface area contributed by atoms with E-state index in [1.54, 1.807) is 12.5 Å². The molecule has 0 heterocycles. The first-order valence-electron chi connectivity index (χ1n) is 2.10. The van der Waals surface area contributed by atoms with E-state index in [1.807, 2.05) is 0 Å². The van der Waals surface area contributed by atoms with Crippen LogP contribution in [0.3, 0.4) is 0 Å². The molecular weight excluding hydrogens is 76.1 g/mol. The van der Waals surface area contributed by atoms with E-state index < -0.39 is 0 Å². The lowest BCUT2D eigenvalue weighted by molar-refractivity contribution is -0.297. The Morgan fingerprint density at radius 3 is 2.83 bits per heavy atom. The fourth-order valence-corrected chi connectivity index (χ4v) is 0.535. The molecular formula is C5H6O. The summed E-state index contributed by atoms with van der Waals surface area (Å²) < 4.78 is 0. The van der Waals surface area contributed by atoms with Crippen molar-refractivity contribution in [1.82, 2.24) is 0 Å². The third kappa shape index (κ3) is 0.482. The van der Waals surface area contributed by atoms with E-state index in [0.717, 1.165) is 12.8 Å². The van der Waals surface area contributed by atoms with Crippen molar-refractivity contribution in [3.63, 3.8) is 0 Å². The summed E-state index contributed by atoms with van der Waals surface area (Å²) in [5.74, 6) is 0.204. The molecule has 0 spiro atoms. The minimum Gasteiger partial charge on any atom is -0.842 e. The summed E-state index contributed by atoms with van der Waals surface area (Å²) in [5, 5.41) is 10.1. The van der Waals surface area contributed by atoms with Gasteiger partial charge in [-0.15, -0.1) is 0 Å². The molecule has 0 saturated carbocycles. The van der Waals surface area contributed by atoms with Gasteiger partial charge in [-0.3, -0.25) is 0 Å². The fourth-order valence-electron chi connectivity index (χ4n) is 0.535. The van der Waals surface area contributed by atoms with Crippen LogP contribution in [0.5, 0.6) is 0 Å².